The van der Waals surface area contributed by atoms with Gasteiger partial charge in [0.15, 0.2) is 0 Å². The van der Waals surface area contributed by atoms with E-state index in [4.69, 9.17) is 33.0 Å². The van der Waals surface area contributed by atoms with Crippen LogP contribution in [0.5, 0.6) is 11.6 Å². The van der Waals surface area contributed by atoms with E-state index in [-0.39, 0.29) is 31.2 Å². The summed E-state index contributed by atoms with van der Waals surface area (Å²) < 4.78 is 49.1. The van der Waals surface area contributed by atoms with Crippen molar-refractivity contribution < 1.29 is 37.3 Å². The van der Waals surface area contributed by atoms with Crippen molar-refractivity contribution in [3.63, 3.8) is 0 Å². The van der Waals surface area contributed by atoms with Gasteiger partial charge in [-0.3, -0.25) is 9.59 Å². The maximum absolute atomic E-state index is 12.6. The molecule has 0 saturated carbocycles. The number of carboxylic acid groups (broad SMARTS) is 1. The molecule has 0 saturated heterocycles. The Morgan fingerprint density at radius 1 is 0.975 bits per heavy atom. The third-order valence-corrected chi connectivity index (χ3v) is 5.84. The molecule has 40 heavy (non-hydrogen) atoms. The van der Waals surface area contributed by atoms with Crippen LogP contribution in [-0.4, -0.2) is 39.7 Å². The van der Waals surface area contributed by atoms with Crippen LogP contribution in [0.25, 0.3) is 16.8 Å². The first kappa shape index (κ1) is 28.8. The Bertz CT molecular complexity index is 1490. The third kappa shape index (κ3) is 7.90. The van der Waals surface area contributed by atoms with Gasteiger partial charge < -0.3 is 19.9 Å². The van der Waals surface area contributed by atoms with E-state index in [9.17, 15) is 22.8 Å². The second-order valence-corrected chi connectivity index (χ2v) is 9.25. The fraction of sp³-hybridized carbons (Fsp3) is 0.148. The van der Waals surface area contributed by atoms with Crippen LogP contribution < -0.4 is 14.8 Å². The topological polar surface area (TPSA) is 103 Å². The van der Waals surface area contributed by atoms with Crippen molar-refractivity contribution in [2.24, 2.45) is 0 Å². The van der Waals surface area contributed by atoms with Crippen LogP contribution in [0.3, 0.4) is 0 Å². The van der Waals surface area contributed by atoms with Gasteiger partial charge in [0.1, 0.15) is 12.4 Å². The lowest BCUT2D eigenvalue weighted by Gasteiger charge is -2.10. The van der Waals surface area contributed by atoms with E-state index < -0.39 is 18.2 Å². The number of benzene rings is 3. The number of carbonyl (C=O) groups excluding carboxylic acids is 1. The number of ether oxygens (including phenoxy) is 2. The molecule has 2 N–H and O–H groups in total. The zero-order valence-corrected chi connectivity index (χ0v) is 21.9. The highest BCUT2D eigenvalue weighted by Gasteiger charge is 2.31. The van der Waals surface area contributed by atoms with Gasteiger partial charge in [-0.25, -0.2) is 4.68 Å². The van der Waals surface area contributed by atoms with Crippen molar-refractivity contribution in [1.82, 2.24) is 15.1 Å². The van der Waals surface area contributed by atoms with Crippen molar-refractivity contribution in [3.8, 4) is 28.4 Å². The summed E-state index contributed by atoms with van der Waals surface area (Å²) >= 11 is 12.3. The van der Waals surface area contributed by atoms with Crippen molar-refractivity contribution >= 4 is 35.1 Å². The Hall–Kier alpha value is -4.22. The molecule has 0 spiro atoms. The van der Waals surface area contributed by atoms with Crippen LogP contribution in [0.1, 0.15) is 22.3 Å². The maximum Gasteiger partial charge on any atom is 0.573 e. The van der Waals surface area contributed by atoms with Crippen LogP contribution in [-0.2, 0) is 11.4 Å². The Morgan fingerprint density at radius 2 is 1.62 bits per heavy atom. The highest BCUT2D eigenvalue weighted by molar-refractivity contribution is 6.34. The number of carboxylic acids is 1. The van der Waals surface area contributed by atoms with Gasteiger partial charge in [0.2, 0.25) is 5.88 Å². The molecule has 4 aromatic rings. The number of halogens is 5. The zero-order valence-electron chi connectivity index (χ0n) is 20.4. The fourth-order valence-electron chi connectivity index (χ4n) is 3.59. The summed E-state index contributed by atoms with van der Waals surface area (Å²) in [5.41, 5.74) is 2.56. The summed E-state index contributed by atoms with van der Waals surface area (Å²) in [7, 11) is 0. The van der Waals surface area contributed by atoms with Gasteiger partial charge in [0, 0.05) is 28.4 Å². The quantitative estimate of drug-likeness (QED) is 0.217. The first-order valence-electron chi connectivity index (χ1n) is 11.6. The van der Waals surface area contributed by atoms with Gasteiger partial charge >= 0.3 is 12.3 Å². The summed E-state index contributed by atoms with van der Waals surface area (Å²) in [4.78, 5) is 22.8. The Labute approximate surface area is 235 Å². The molecule has 0 radical (unpaired) electrons. The number of hydrogen-bond donors (Lipinski definition) is 2. The molecule has 0 fully saturated rings. The summed E-state index contributed by atoms with van der Waals surface area (Å²) in [6.45, 7) is 0.0576. The average Bonchev–Trinajstić information content (AvgIpc) is 3.31. The minimum absolute atomic E-state index is 0.00557. The number of nitrogens with one attached hydrogen (secondary N) is 1. The van der Waals surface area contributed by atoms with E-state index in [0.717, 1.165) is 0 Å². The van der Waals surface area contributed by atoms with E-state index in [2.05, 4.69) is 15.2 Å². The number of amides is 1. The van der Waals surface area contributed by atoms with Crippen LogP contribution in [0, 0.1) is 0 Å². The number of nitrogens with zero attached hydrogens (tertiary/aromatic N) is 2. The molecular formula is C27H20Cl2F3N3O5. The first-order valence-corrected chi connectivity index (χ1v) is 12.4. The van der Waals surface area contributed by atoms with E-state index in [1.165, 1.54) is 28.9 Å². The van der Waals surface area contributed by atoms with E-state index in [1.807, 2.05) is 0 Å². The Morgan fingerprint density at radius 3 is 2.23 bits per heavy atom. The molecule has 0 aliphatic rings. The fourth-order valence-corrected chi connectivity index (χ4v) is 4.11. The molecule has 1 amide bonds. The lowest BCUT2D eigenvalue weighted by molar-refractivity contribution is -0.274. The van der Waals surface area contributed by atoms with Crippen molar-refractivity contribution in [1.29, 1.82) is 0 Å². The van der Waals surface area contributed by atoms with Crippen molar-refractivity contribution in [2.75, 3.05) is 6.54 Å². The maximum atomic E-state index is 12.6. The molecule has 0 unspecified atom stereocenters. The second-order valence-electron chi connectivity index (χ2n) is 8.38. The van der Waals surface area contributed by atoms with E-state index in [0.29, 0.717) is 38.0 Å². The normalized spacial score (nSPS) is 11.2. The van der Waals surface area contributed by atoms with Gasteiger partial charge in [-0.15, -0.1) is 18.3 Å². The lowest BCUT2D eigenvalue weighted by Crippen LogP contribution is -2.25. The van der Waals surface area contributed by atoms with Crippen LogP contribution >= 0.6 is 23.2 Å². The summed E-state index contributed by atoms with van der Waals surface area (Å²) in [6.07, 6.45) is -3.38. The second kappa shape index (κ2) is 12.3. The smallest absolute Gasteiger partial charge is 0.481 e. The number of rotatable bonds is 10. The monoisotopic (exact) mass is 593 g/mol. The molecule has 208 valence electrons. The summed E-state index contributed by atoms with van der Waals surface area (Å²) in [5.74, 6) is -1.62. The van der Waals surface area contributed by atoms with Gasteiger partial charge in [0.05, 0.1) is 17.7 Å². The molecule has 8 nitrogen and oxygen atoms in total. The van der Waals surface area contributed by atoms with Gasteiger partial charge in [-0.2, -0.15) is 0 Å². The van der Waals surface area contributed by atoms with Crippen LogP contribution in [0.15, 0.2) is 72.9 Å². The largest absolute Gasteiger partial charge is 0.573 e. The molecule has 0 atom stereocenters. The SMILES string of the molecule is O=C(O)CCNC(=O)c1ccc(COc2nn(-c3cc(Cl)cc(Cl)c3)cc2-c2ccc(OC(F)(F)F)cc2)cc1. The zero-order chi connectivity index (χ0) is 28.9. The first-order chi connectivity index (χ1) is 19.0. The van der Waals surface area contributed by atoms with Gasteiger partial charge in [-0.05, 0) is 53.6 Å². The molecular weight excluding hydrogens is 574 g/mol. The Kier molecular flexibility index (Phi) is 8.86. The number of alkyl halides is 3. The van der Waals surface area contributed by atoms with Gasteiger partial charge in [-0.1, -0.05) is 47.5 Å². The molecule has 3 aromatic carbocycles. The number of hydrogen-bond acceptors (Lipinski definition) is 5. The number of carbonyl (C=O) groups is 2. The van der Waals surface area contributed by atoms with Crippen molar-refractivity contribution in [2.45, 2.75) is 19.4 Å². The summed E-state index contributed by atoms with van der Waals surface area (Å²) in [6, 6.07) is 16.6. The molecule has 13 heteroatoms. The average molecular weight is 594 g/mol. The van der Waals surface area contributed by atoms with Gasteiger partial charge in [0.25, 0.3) is 5.91 Å². The molecule has 0 aliphatic carbocycles. The van der Waals surface area contributed by atoms with Crippen molar-refractivity contribution in [3.05, 3.63) is 94.1 Å². The lowest BCUT2D eigenvalue weighted by atomic mass is 10.1. The third-order valence-electron chi connectivity index (χ3n) is 5.41. The predicted octanol–water partition coefficient (Wildman–Crippen LogP) is 6.53. The predicted molar refractivity (Wildman–Crippen MR) is 141 cm³/mol. The number of aromatic nitrogens is 2. The standard InChI is InChI=1S/C27H20Cl2F3N3O5/c28-19-11-20(29)13-21(12-19)35-14-23(17-5-7-22(8-6-17)40-27(30,31)32)26(34-35)39-15-16-1-3-18(4-2-16)25(38)33-10-9-24(36)37/h1-8,11-14H,9-10,15H2,(H,33,38)(H,36,37). The molecule has 4 rings (SSSR count). The van der Waals surface area contributed by atoms with E-state index in [1.54, 1.807) is 48.7 Å². The van der Waals surface area contributed by atoms with Crippen LogP contribution in [0.2, 0.25) is 10.0 Å². The Balaban J connectivity index is 1.56. The summed E-state index contributed by atoms with van der Waals surface area (Å²) in [5, 5.41) is 16.5. The molecule has 1 aromatic heterocycles. The molecule has 1 heterocycles. The number of aliphatic carboxylic acids is 1. The molecule has 0 aliphatic heterocycles. The highest BCUT2D eigenvalue weighted by Crippen LogP contribution is 2.34. The van der Waals surface area contributed by atoms with Crippen LogP contribution in [0.4, 0.5) is 13.2 Å². The highest BCUT2D eigenvalue weighted by atomic mass is 35.5. The molecule has 0 bridgehead atoms. The van der Waals surface area contributed by atoms with E-state index >= 15 is 0 Å². The minimum atomic E-state index is -4.82. The minimum Gasteiger partial charge on any atom is -0.481 e.